The number of piperidine rings is 1. The van der Waals surface area contributed by atoms with E-state index in [1.165, 1.54) is 50.9 Å². The van der Waals surface area contributed by atoms with Crippen LogP contribution in [0.4, 0.5) is 0 Å². The van der Waals surface area contributed by atoms with E-state index >= 15 is 0 Å². The molecule has 116 valence electrons. The van der Waals surface area contributed by atoms with E-state index in [-0.39, 0.29) is 0 Å². The van der Waals surface area contributed by atoms with Gasteiger partial charge in [-0.1, -0.05) is 31.5 Å². The van der Waals surface area contributed by atoms with Crippen LogP contribution >= 0.6 is 0 Å². The van der Waals surface area contributed by atoms with E-state index in [1.807, 2.05) is 0 Å². The first kappa shape index (κ1) is 14.9. The van der Waals surface area contributed by atoms with Crippen molar-refractivity contribution in [1.82, 2.24) is 10.2 Å². The topological polar surface area (TPSA) is 24.5 Å². The second-order valence-electron chi connectivity index (χ2n) is 6.36. The van der Waals surface area contributed by atoms with Gasteiger partial charge in [0.05, 0.1) is 6.61 Å². The monoisotopic (exact) mass is 288 g/mol. The van der Waals surface area contributed by atoms with Crippen LogP contribution in [0.1, 0.15) is 50.6 Å². The normalized spacial score (nSPS) is 23.6. The molecular formula is C18H28N2O. The van der Waals surface area contributed by atoms with E-state index in [1.54, 1.807) is 0 Å². The maximum absolute atomic E-state index is 5.76. The number of nitrogens with zero attached hydrogens (tertiary/aromatic N) is 1. The molecule has 0 bridgehead atoms. The second-order valence-corrected chi connectivity index (χ2v) is 6.36. The Hall–Kier alpha value is -1.06. The van der Waals surface area contributed by atoms with Crippen LogP contribution in [-0.2, 0) is 0 Å². The molecule has 1 saturated heterocycles. The Morgan fingerprint density at radius 3 is 2.81 bits per heavy atom. The van der Waals surface area contributed by atoms with Crippen LogP contribution in [0, 0.1) is 0 Å². The summed E-state index contributed by atoms with van der Waals surface area (Å²) in [5, 5.41) is 3.88. The molecule has 0 amide bonds. The van der Waals surface area contributed by atoms with Crippen molar-refractivity contribution < 1.29 is 4.74 Å². The minimum Gasteiger partial charge on any atom is -0.493 e. The fourth-order valence-electron chi connectivity index (χ4n) is 3.50. The van der Waals surface area contributed by atoms with Crippen molar-refractivity contribution in [2.75, 3.05) is 26.2 Å². The number of hydrogen-bond donors (Lipinski definition) is 1. The average molecular weight is 288 g/mol. The fraction of sp³-hybridized carbons (Fsp3) is 0.667. The smallest absolute Gasteiger partial charge is 0.124 e. The summed E-state index contributed by atoms with van der Waals surface area (Å²) in [4.78, 5) is 2.62. The Balaban J connectivity index is 1.52. The number of fused-ring (bicyclic) bond motifs is 1. The summed E-state index contributed by atoms with van der Waals surface area (Å²) in [6.07, 6.45) is 6.29. The maximum atomic E-state index is 5.76. The third-order valence-electron chi connectivity index (χ3n) is 4.81. The second kappa shape index (κ2) is 7.28. The van der Waals surface area contributed by atoms with Crippen molar-refractivity contribution in [3.05, 3.63) is 29.8 Å². The van der Waals surface area contributed by atoms with Gasteiger partial charge < -0.3 is 15.0 Å². The highest BCUT2D eigenvalue weighted by molar-refractivity contribution is 5.37. The average Bonchev–Trinajstić information content (AvgIpc) is 2.55. The van der Waals surface area contributed by atoms with Gasteiger partial charge in [-0.3, -0.25) is 0 Å². The van der Waals surface area contributed by atoms with E-state index in [0.717, 1.165) is 18.8 Å². The molecule has 0 spiro atoms. The Bertz CT molecular complexity index is 441. The number of ether oxygens (including phenoxy) is 1. The van der Waals surface area contributed by atoms with Crippen LogP contribution in [0.25, 0.3) is 0 Å². The van der Waals surface area contributed by atoms with Gasteiger partial charge in [0.1, 0.15) is 5.75 Å². The van der Waals surface area contributed by atoms with Crippen LogP contribution in [0.3, 0.4) is 0 Å². The lowest BCUT2D eigenvalue weighted by Gasteiger charge is -2.36. The van der Waals surface area contributed by atoms with Gasteiger partial charge in [-0.05, 0) is 45.0 Å². The molecule has 1 aromatic carbocycles. The summed E-state index contributed by atoms with van der Waals surface area (Å²) in [6.45, 7) is 6.90. The first-order chi connectivity index (χ1) is 10.4. The van der Waals surface area contributed by atoms with Crippen LogP contribution in [0.5, 0.6) is 5.75 Å². The molecule has 1 fully saturated rings. The predicted octanol–water partition coefficient (Wildman–Crippen LogP) is 3.36. The van der Waals surface area contributed by atoms with Crippen LogP contribution in [-0.4, -0.2) is 37.2 Å². The van der Waals surface area contributed by atoms with Crippen LogP contribution in [0.2, 0.25) is 0 Å². The van der Waals surface area contributed by atoms with E-state index < -0.39 is 0 Å². The van der Waals surface area contributed by atoms with Crippen molar-refractivity contribution in [3.8, 4) is 5.75 Å². The summed E-state index contributed by atoms with van der Waals surface area (Å²) < 4.78 is 5.76. The van der Waals surface area contributed by atoms with Crippen molar-refractivity contribution >= 4 is 0 Å². The van der Waals surface area contributed by atoms with E-state index in [0.29, 0.717) is 12.1 Å². The van der Waals surface area contributed by atoms with Gasteiger partial charge in [-0.15, -0.1) is 0 Å². The van der Waals surface area contributed by atoms with E-state index in [9.17, 15) is 0 Å². The van der Waals surface area contributed by atoms with Gasteiger partial charge in [0.25, 0.3) is 0 Å². The van der Waals surface area contributed by atoms with Gasteiger partial charge >= 0.3 is 0 Å². The van der Waals surface area contributed by atoms with Gasteiger partial charge in [-0.2, -0.15) is 0 Å². The van der Waals surface area contributed by atoms with E-state index in [4.69, 9.17) is 4.74 Å². The quantitative estimate of drug-likeness (QED) is 0.899. The number of benzene rings is 1. The third kappa shape index (κ3) is 3.78. The summed E-state index contributed by atoms with van der Waals surface area (Å²) in [5.41, 5.74) is 1.34. The molecule has 2 heterocycles. The van der Waals surface area contributed by atoms with Crippen molar-refractivity contribution in [3.63, 3.8) is 0 Å². The number of rotatable bonds is 5. The van der Waals surface area contributed by atoms with Gasteiger partial charge in [0.2, 0.25) is 0 Å². The Morgan fingerprint density at radius 2 is 2.00 bits per heavy atom. The SMILES string of the molecule is CCCCN1CCC(NC2CCOc3ccccc32)CC1. The van der Waals surface area contributed by atoms with Gasteiger partial charge in [-0.25, -0.2) is 0 Å². The molecule has 21 heavy (non-hydrogen) atoms. The minimum atomic E-state index is 0.474. The largest absolute Gasteiger partial charge is 0.493 e. The highest BCUT2D eigenvalue weighted by Crippen LogP contribution is 2.32. The molecular weight excluding hydrogens is 260 g/mol. The number of unbranched alkanes of at least 4 members (excludes halogenated alkanes) is 1. The first-order valence-corrected chi connectivity index (χ1v) is 8.57. The first-order valence-electron chi connectivity index (χ1n) is 8.57. The van der Waals surface area contributed by atoms with Gasteiger partial charge in [0.15, 0.2) is 0 Å². The number of nitrogens with one attached hydrogen (secondary N) is 1. The summed E-state index contributed by atoms with van der Waals surface area (Å²) in [7, 11) is 0. The number of hydrogen-bond acceptors (Lipinski definition) is 3. The standard InChI is InChI=1S/C18H28N2O/c1-2-3-11-20-12-8-15(9-13-20)19-17-10-14-21-18-7-5-4-6-16(17)18/h4-7,15,17,19H,2-3,8-14H2,1H3. The predicted molar refractivity (Wildman–Crippen MR) is 86.8 cm³/mol. The zero-order valence-corrected chi connectivity index (χ0v) is 13.2. The highest BCUT2D eigenvalue weighted by Gasteiger charge is 2.25. The lowest BCUT2D eigenvalue weighted by atomic mass is 9.97. The maximum Gasteiger partial charge on any atom is 0.124 e. The molecule has 3 nitrogen and oxygen atoms in total. The number of para-hydroxylation sites is 1. The van der Waals surface area contributed by atoms with Crippen LogP contribution in [0.15, 0.2) is 24.3 Å². The molecule has 1 unspecified atom stereocenters. The molecule has 0 radical (unpaired) electrons. The van der Waals surface area contributed by atoms with E-state index in [2.05, 4.69) is 41.4 Å². The molecule has 1 aromatic rings. The Kier molecular flexibility index (Phi) is 5.15. The molecule has 3 heteroatoms. The molecule has 1 atom stereocenters. The fourth-order valence-corrected chi connectivity index (χ4v) is 3.50. The molecule has 3 rings (SSSR count). The highest BCUT2D eigenvalue weighted by atomic mass is 16.5. The molecule has 2 aliphatic rings. The zero-order valence-electron chi connectivity index (χ0n) is 13.2. The van der Waals surface area contributed by atoms with Crippen molar-refractivity contribution in [2.24, 2.45) is 0 Å². The zero-order chi connectivity index (χ0) is 14.5. The van der Waals surface area contributed by atoms with Crippen molar-refractivity contribution in [2.45, 2.75) is 51.1 Å². The lowest BCUT2D eigenvalue weighted by molar-refractivity contribution is 0.176. The molecule has 2 aliphatic heterocycles. The Morgan fingerprint density at radius 1 is 1.19 bits per heavy atom. The summed E-state index contributed by atoms with van der Waals surface area (Å²) in [6, 6.07) is 9.63. The Labute approximate surface area is 128 Å². The van der Waals surface area contributed by atoms with Crippen molar-refractivity contribution in [1.29, 1.82) is 0 Å². The molecule has 0 aliphatic carbocycles. The molecule has 1 N–H and O–H groups in total. The molecule has 0 saturated carbocycles. The molecule has 0 aromatic heterocycles. The minimum absolute atomic E-state index is 0.474. The summed E-state index contributed by atoms with van der Waals surface area (Å²) >= 11 is 0. The number of likely N-dealkylation sites (tertiary alicyclic amines) is 1. The summed E-state index contributed by atoms with van der Waals surface area (Å²) in [5.74, 6) is 1.07. The van der Waals surface area contributed by atoms with Crippen LogP contribution < -0.4 is 10.1 Å². The van der Waals surface area contributed by atoms with Gasteiger partial charge in [0, 0.05) is 24.1 Å². The third-order valence-corrected chi connectivity index (χ3v) is 4.81. The lowest BCUT2D eigenvalue weighted by Crippen LogP contribution is -2.44.